The van der Waals surface area contributed by atoms with Gasteiger partial charge < -0.3 is 13.7 Å². The molecule has 2 heterocycles. The van der Waals surface area contributed by atoms with Crippen LogP contribution in [0.1, 0.15) is 27.7 Å². The SMILES string of the molecule is CC1(C)OB(c2cccc3c2oc2ccc(-c4c5ccccc5c(-c5ccccc5)c5ccccc45)cc23)OC1(C)C. The average Bonchev–Trinajstić information content (AvgIpc) is 3.48. The Hall–Kier alpha value is -4.38. The van der Waals surface area contributed by atoms with Crippen molar-refractivity contribution in [2.75, 3.05) is 0 Å². The van der Waals surface area contributed by atoms with Crippen LogP contribution in [0.15, 0.2) is 120 Å². The van der Waals surface area contributed by atoms with Crippen molar-refractivity contribution in [1.29, 1.82) is 0 Å². The van der Waals surface area contributed by atoms with Gasteiger partial charge in [-0.2, -0.15) is 0 Å². The van der Waals surface area contributed by atoms with Gasteiger partial charge >= 0.3 is 7.12 Å². The van der Waals surface area contributed by atoms with Crippen LogP contribution < -0.4 is 5.46 Å². The Balaban J connectivity index is 1.37. The zero-order valence-electron chi connectivity index (χ0n) is 24.3. The maximum Gasteiger partial charge on any atom is 0.498 e. The van der Waals surface area contributed by atoms with Crippen LogP contribution >= 0.6 is 0 Å². The number of hydrogen-bond donors (Lipinski definition) is 0. The van der Waals surface area contributed by atoms with Gasteiger partial charge in [0.05, 0.1) is 11.2 Å². The van der Waals surface area contributed by atoms with E-state index in [1.165, 1.54) is 43.8 Å². The van der Waals surface area contributed by atoms with Gasteiger partial charge in [0.15, 0.2) is 0 Å². The minimum Gasteiger partial charge on any atom is -0.456 e. The fourth-order valence-electron chi connectivity index (χ4n) is 6.49. The van der Waals surface area contributed by atoms with Gasteiger partial charge in [-0.15, -0.1) is 0 Å². The zero-order valence-corrected chi connectivity index (χ0v) is 24.3. The van der Waals surface area contributed by atoms with Crippen LogP contribution in [0.4, 0.5) is 0 Å². The molecule has 6 aromatic carbocycles. The third kappa shape index (κ3) is 3.69. The van der Waals surface area contributed by atoms with E-state index in [9.17, 15) is 0 Å². The van der Waals surface area contributed by atoms with Crippen LogP contribution in [0.25, 0.3) is 65.7 Å². The summed E-state index contributed by atoms with van der Waals surface area (Å²) in [7, 11) is -0.489. The topological polar surface area (TPSA) is 31.6 Å². The van der Waals surface area contributed by atoms with Gasteiger partial charge in [0.1, 0.15) is 11.2 Å². The van der Waals surface area contributed by atoms with E-state index < -0.39 is 18.3 Å². The minimum absolute atomic E-state index is 0.424. The van der Waals surface area contributed by atoms with E-state index in [-0.39, 0.29) is 0 Å². The molecule has 8 rings (SSSR count). The molecule has 7 aromatic rings. The minimum atomic E-state index is -0.489. The zero-order chi connectivity index (χ0) is 28.6. The molecule has 0 amide bonds. The third-order valence-corrected chi connectivity index (χ3v) is 9.32. The van der Waals surface area contributed by atoms with Crippen molar-refractivity contribution < 1.29 is 13.7 Å². The Morgan fingerprint density at radius 3 is 1.60 bits per heavy atom. The Kier molecular flexibility index (Phi) is 5.47. The van der Waals surface area contributed by atoms with Crippen LogP contribution in [0.3, 0.4) is 0 Å². The maximum absolute atomic E-state index is 6.52. The second-order valence-electron chi connectivity index (χ2n) is 12.3. The fourth-order valence-corrected chi connectivity index (χ4v) is 6.49. The van der Waals surface area contributed by atoms with Gasteiger partial charge in [-0.1, -0.05) is 103 Å². The van der Waals surface area contributed by atoms with Crippen molar-refractivity contribution in [2.45, 2.75) is 38.9 Å². The number of rotatable bonds is 3. The normalized spacial score (nSPS) is 16.2. The maximum atomic E-state index is 6.52. The van der Waals surface area contributed by atoms with Crippen LogP contribution in [-0.4, -0.2) is 18.3 Å². The lowest BCUT2D eigenvalue weighted by molar-refractivity contribution is 0.00578. The van der Waals surface area contributed by atoms with E-state index in [1.807, 2.05) is 0 Å². The molecule has 3 nitrogen and oxygen atoms in total. The summed E-state index contributed by atoms with van der Waals surface area (Å²) in [4.78, 5) is 0. The molecule has 1 aromatic heterocycles. The highest BCUT2D eigenvalue weighted by Crippen LogP contribution is 2.45. The Labute approximate surface area is 245 Å². The predicted molar refractivity (Wildman–Crippen MR) is 175 cm³/mol. The standard InChI is InChI=1S/C38H31BO3/c1-37(2)38(3,4)42-39(41-37)32-20-12-19-30-31-23-25(21-22-33(31)40-36(30)32)35-28-17-10-8-15-26(28)34(24-13-6-5-7-14-24)27-16-9-11-18-29(27)35/h5-23H,1-4H3. The van der Waals surface area contributed by atoms with Crippen molar-refractivity contribution in [3.05, 3.63) is 115 Å². The largest absolute Gasteiger partial charge is 0.498 e. The monoisotopic (exact) mass is 546 g/mol. The van der Waals surface area contributed by atoms with E-state index in [4.69, 9.17) is 13.7 Å². The Morgan fingerprint density at radius 2 is 1.00 bits per heavy atom. The highest BCUT2D eigenvalue weighted by atomic mass is 16.7. The van der Waals surface area contributed by atoms with Crippen LogP contribution in [0, 0.1) is 0 Å². The van der Waals surface area contributed by atoms with Gasteiger partial charge in [-0.3, -0.25) is 0 Å². The van der Waals surface area contributed by atoms with Crippen LogP contribution in [0.5, 0.6) is 0 Å². The van der Waals surface area contributed by atoms with Crippen molar-refractivity contribution >= 4 is 56.1 Å². The summed E-state index contributed by atoms with van der Waals surface area (Å²) in [6.07, 6.45) is 0. The van der Waals surface area contributed by atoms with Gasteiger partial charge in [0.2, 0.25) is 0 Å². The quantitative estimate of drug-likeness (QED) is 0.163. The molecule has 0 aliphatic carbocycles. The first-order chi connectivity index (χ1) is 20.3. The number of hydrogen-bond acceptors (Lipinski definition) is 3. The molecule has 0 N–H and O–H groups in total. The van der Waals surface area contributed by atoms with E-state index in [0.717, 1.165) is 27.4 Å². The second-order valence-corrected chi connectivity index (χ2v) is 12.3. The van der Waals surface area contributed by atoms with Crippen molar-refractivity contribution in [2.24, 2.45) is 0 Å². The number of benzene rings is 6. The molecule has 1 fully saturated rings. The molecule has 0 spiro atoms. The van der Waals surface area contributed by atoms with Gasteiger partial charge in [-0.05, 0) is 83.6 Å². The summed E-state index contributed by atoms with van der Waals surface area (Å²) in [6, 6.07) is 41.1. The first-order valence-electron chi connectivity index (χ1n) is 14.6. The van der Waals surface area contributed by atoms with Crippen LogP contribution in [-0.2, 0) is 9.31 Å². The highest BCUT2D eigenvalue weighted by molar-refractivity contribution is 6.65. The molecule has 204 valence electrons. The van der Waals surface area contributed by atoms with Crippen molar-refractivity contribution in [1.82, 2.24) is 0 Å². The molecule has 1 aliphatic heterocycles. The summed E-state index contributed by atoms with van der Waals surface area (Å²) < 4.78 is 19.3. The average molecular weight is 546 g/mol. The lowest BCUT2D eigenvalue weighted by atomic mass is 9.78. The van der Waals surface area contributed by atoms with Gasteiger partial charge in [0.25, 0.3) is 0 Å². The molecule has 0 unspecified atom stereocenters. The predicted octanol–water partition coefficient (Wildman–Crippen LogP) is 9.53. The molecule has 42 heavy (non-hydrogen) atoms. The van der Waals surface area contributed by atoms with Gasteiger partial charge in [-0.25, -0.2) is 0 Å². The highest BCUT2D eigenvalue weighted by Gasteiger charge is 2.52. The summed E-state index contributed by atoms with van der Waals surface area (Å²) in [5.74, 6) is 0. The number of fused-ring (bicyclic) bond motifs is 5. The number of para-hydroxylation sites is 1. The first-order valence-corrected chi connectivity index (χ1v) is 14.6. The van der Waals surface area contributed by atoms with Crippen LogP contribution in [0.2, 0.25) is 0 Å². The third-order valence-electron chi connectivity index (χ3n) is 9.32. The number of furan rings is 1. The molecule has 0 bridgehead atoms. The molecule has 0 saturated carbocycles. The molecule has 1 aliphatic rings. The summed E-state index contributed by atoms with van der Waals surface area (Å²) >= 11 is 0. The Bertz CT molecular complexity index is 2080. The summed E-state index contributed by atoms with van der Waals surface area (Å²) in [5.41, 5.74) is 6.64. The lowest BCUT2D eigenvalue weighted by Gasteiger charge is -2.32. The van der Waals surface area contributed by atoms with E-state index in [1.54, 1.807) is 0 Å². The first kappa shape index (κ1) is 25.3. The smallest absolute Gasteiger partial charge is 0.456 e. The summed E-state index contributed by atoms with van der Waals surface area (Å²) in [6.45, 7) is 8.32. The molecule has 0 radical (unpaired) electrons. The van der Waals surface area contributed by atoms with E-state index in [2.05, 4.69) is 143 Å². The van der Waals surface area contributed by atoms with Crippen molar-refractivity contribution in [3.8, 4) is 22.3 Å². The van der Waals surface area contributed by atoms with Crippen molar-refractivity contribution in [3.63, 3.8) is 0 Å². The second kappa shape index (κ2) is 9.06. The lowest BCUT2D eigenvalue weighted by Crippen LogP contribution is -2.41. The summed E-state index contributed by atoms with van der Waals surface area (Å²) in [5, 5.41) is 7.12. The van der Waals surface area contributed by atoms with Gasteiger partial charge in [0, 0.05) is 16.2 Å². The molecular weight excluding hydrogens is 515 g/mol. The molecule has 4 heteroatoms. The van der Waals surface area contributed by atoms with E-state index >= 15 is 0 Å². The molecule has 0 atom stereocenters. The molecular formula is C38H31BO3. The Morgan fingerprint density at radius 1 is 0.476 bits per heavy atom. The van der Waals surface area contributed by atoms with E-state index in [0.29, 0.717) is 0 Å². The molecule has 1 saturated heterocycles. The fraction of sp³-hybridized carbons (Fsp3) is 0.158.